The lowest BCUT2D eigenvalue weighted by Gasteiger charge is -2.15. The average molecular weight is 387 g/mol. The number of nitrogens with one attached hydrogen (secondary N) is 2. The van der Waals surface area contributed by atoms with Crippen LogP contribution in [0.3, 0.4) is 0 Å². The van der Waals surface area contributed by atoms with Crippen LogP contribution < -0.4 is 10.0 Å². The number of ether oxygens (including phenoxy) is 1. The van der Waals surface area contributed by atoms with E-state index >= 15 is 0 Å². The average Bonchev–Trinajstić information content (AvgIpc) is 2.60. The number of benzene rings is 2. The van der Waals surface area contributed by atoms with Crippen LogP contribution in [0.4, 0.5) is 11.4 Å². The normalized spacial score (nSPS) is 11.7. The molecule has 0 unspecified atom stereocenters. The molecule has 9 heteroatoms. The minimum Gasteiger partial charge on any atom is -0.449 e. The molecule has 0 heterocycles. The molecule has 2 aromatic carbocycles. The smallest absolute Gasteiger partial charge is 0.341 e. The molecule has 0 radical (unpaired) electrons. The number of hydrogen-bond acceptors (Lipinski definition) is 6. The number of esters is 1. The molecule has 1 atom stereocenters. The summed E-state index contributed by atoms with van der Waals surface area (Å²) in [7, 11) is -3.59. The highest BCUT2D eigenvalue weighted by molar-refractivity contribution is 7.92. The molecule has 0 bridgehead atoms. The van der Waals surface area contributed by atoms with Crippen molar-refractivity contribution in [2.45, 2.75) is 13.0 Å². The summed E-state index contributed by atoms with van der Waals surface area (Å²) >= 11 is 0. The first-order valence-electron chi connectivity index (χ1n) is 7.78. The summed E-state index contributed by atoms with van der Waals surface area (Å²) in [5.41, 5.74) is 0.799. The summed E-state index contributed by atoms with van der Waals surface area (Å²) in [5.74, 6) is -1.44. The molecule has 140 valence electrons. The second kappa shape index (κ2) is 8.33. The predicted octanol–water partition coefficient (Wildman–Crippen LogP) is 2.11. The van der Waals surface area contributed by atoms with Crippen LogP contribution in [0.25, 0.3) is 0 Å². The van der Waals surface area contributed by atoms with Crippen LogP contribution in [0, 0.1) is 11.3 Å². The van der Waals surface area contributed by atoms with Crippen LogP contribution in [0.5, 0.6) is 0 Å². The minimum atomic E-state index is -3.59. The molecule has 0 aliphatic rings. The van der Waals surface area contributed by atoms with Crippen molar-refractivity contribution < 1.29 is 22.7 Å². The number of para-hydroxylation sites is 1. The second-order valence-corrected chi connectivity index (χ2v) is 7.40. The lowest BCUT2D eigenvalue weighted by molar-refractivity contribution is -0.123. The molecule has 1 amide bonds. The Labute approximate surface area is 156 Å². The monoisotopic (exact) mass is 387 g/mol. The van der Waals surface area contributed by atoms with Gasteiger partial charge in [-0.1, -0.05) is 18.2 Å². The molecule has 0 aliphatic heterocycles. The van der Waals surface area contributed by atoms with E-state index in [1.165, 1.54) is 25.1 Å². The standard InChI is InChI=1S/C18H17N3O5S/c1-12(17(22)20-14-7-5-6-13(10-14)11-19)26-18(23)15-8-3-4-9-16(15)21-27(2,24)25/h3-10,12,21H,1-2H3,(H,20,22)/t12-/m1/s1. The number of amides is 1. The van der Waals surface area contributed by atoms with Gasteiger partial charge in [-0.15, -0.1) is 0 Å². The van der Waals surface area contributed by atoms with Gasteiger partial charge in [0.1, 0.15) is 0 Å². The van der Waals surface area contributed by atoms with Gasteiger partial charge in [0, 0.05) is 5.69 Å². The second-order valence-electron chi connectivity index (χ2n) is 5.65. The van der Waals surface area contributed by atoms with E-state index in [1.807, 2.05) is 6.07 Å². The zero-order valence-electron chi connectivity index (χ0n) is 14.6. The number of hydrogen-bond donors (Lipinski definition) is 2. The quantitative estimate of drug-likeness (QED) is 0.731. The minimum absolute atomic E-state index is 0.0194. The Morgan fingerprint density at radius 3 is 2.52 bits per heavy atom. The topological polar surface area (TPSA) is 125 Å². The van der Waals surface area contributed by atoms with Gasteiger partial charge in [-0.3, -0.25) is 9.52 Å². The molecule has 2 aromatic rings. The largest absolute Gasteiger partial charge is 0.449 e. The predicted molar refractivity (Wildman–Crippen MR) is 99.6 cm³/mol. The fraction of sp³-hybridized carbons (Fsp3) is 0.167. The van der Waals surface area contributed by atoms with Gasteiger partial charge in [-0.25, -0.2) is 13.2 Å². The maximum absolute atomic E-state index is 12.3. The number of anilines is 2. The molecule has 0 aromatic heterocycles. The van der Waals surface area contributed by atoms with Crippen LogP contribution >= 0.6 is 0 Å². The van der Waals surface area contributed by atoms with Gasteiger partial charge >= 0.3 is 5.97 Å². The summed E-state index contributed by atoms with van der Waals surface area (Å²) in [6.45, 7) is 1.38. The van der Waals surface area contributed by atoms with Gasteiger partial charge in [0.15, 0.2) is 6.10 Å². The number of carbonyl (C=O) groups is 2. The van der Waals surface area contributed by atoms with Gasteiger partial charge < -0.3 is 10.1 Å². The third-order valence-electron chi connectivity index (χ3n) is 3.35. The summed E-state index contributed by atoms with van der Waals surface area (Å²) in [6.07, 6.45) is -0.185. The van der Waals surface area contributed by atoms with E-state index in [0.29, 0.717) is 11.3 Å². The van der Waals surface area contributed by atoms with E-state index in [1.54, 1.807) is 30.3 Å². The van der Waals surface area contributed by atoms with Crippen molar-refractivity contribution in [1.29, 1.82) is 5.26 Å². The van der Waals surface area contributed by atoms with Crippen molar-refractivity contribution in [1.82, 2.24) is 0 Å². The summed E-state index contributed by atoms with van der Waals surface area (Å²) in [6, 6.07) is 14.1. The summed E-state index contributed by atoms with van der Waals surface area (Å²) in [5, 5.41) is 11.4. The van der Waals surface area contributed by atoms with Gasteiger partial charge in [-0.2, -0.15) is 5.26 Å². The van der Waals surface area contributed by atoms with Gasteiger partial charge in [-0.05, 0) is 37.3 Å². The number of rotatable bonds is 6. The molecular formula is C18H17N3O5S. The van der Waals surface area contributed by atoms with Crippen molar-refractivity contribution >= 4 is 33.3 Å². The zero-order chi connectivity index (χ0) is 20.0. The molecule has 2 rings (SSSR count). The highest BCUT2D eigenvalue weighted by Gasteiger charge is 2.21. The lowest BCUT2D eigenvalue weighted by atomic mass is 10.2. The van der Waals surface area contributed by atoms with Crippen molar-refractivity contribution in [3.63, 3.8) is 0 Å². The number of carbonyl (C=O) groups excluding carboxylic acids is 2. The van der Waals surface area contributed by atoms with E-state index < -0.39 is 28.0 Å². The molecule has 0 aliphatic carbocycles. The molecule has 27 heavy (non-hydrogen) atoms. The maximum atomic E-state index is 12.3. The fourth-order valence-electron chi connectivity index (χ4n) is 2.14. The Kier molecular flexibility index (Phi) is 6.15. The number of sulfonamides is 1. The maximum Gasteiger partial charge on any atom is 0.341 e. The van der Waals surface area contributed by atoms with Crippen LogP contribution in [0.15, 0.2) is 48.5 Å². The van der Waals surface area contributed by atoms with Crippen LogP contribution in [-0.4, -0.2) is 32.7 Å². The Morgan fingerprint density at radius 2 is 1.85 bits per heavy atom. The van der Waals surface area contributed by atoms with Gasteiger partial charge in [0.05, 0.1) is 29.1 Å². The van der Waals surface area contributed by atoms with Crippen LogP contribution in [0.1, 0.15) is 22.8 Å². The Bertz CT molecular complexity index is 1010. The first kappa shape index (κ1) is 19.9. The van der Waals surface area contributed by atoms with E-state index in [-0.39, 0.29) is 11.3 Å². The molecular weight excluding hydrogens is 370 g/mol. The van der Waals surface area contributed by atoms with E-state index in [0.717, 1.165) is 6.26 Å². The number of nitrogens with zero attached hydrogens (tertiary/aromatic N) is 1. The third kappa shape index (κ3) is 5.83. The molecule has 0 saturated carbocycles. The van der Waals surface area contributed by atoms with Crippen molar-refractivity contribution in [2.24, 2.45) is 0 Å². The molecule has 2 N–H and O–H groups in total. The molecule has 8 nitrogen and oxygen atoms in total. The first-order chi connectivity index (χ1) is 12.7. The Balaban J connectivity index is 2.09. The summed E-state index contributed by atoms with van der Waals surface area (Å²) < 4.78 is 30.2. The highest BCUT2D eigenvalue weighted by atomic mass is 32.2. The Morgan fingerprint density at radius 1 is 1.15 bits per heavy atom. The number of nitriles is 1. The first-order valence-corrected chi connectivity index (χ1v) is 9.67. The Hall–Kier alpha value is -3.38. The lowest BCUT2D eigenvalue weighted by Crippen LogP contribution is -2.30. The molecule has 0 saturated heterocycles. The van der Waals surface area contributed by atoms with Gasteiger partial charge in [0.2, 0.25) is 10.0 Å². The van der Waals surface area contributed by atoms with E-state index in [9.17, 15) is 18.0 Å². The highest BCUT2D eigenvalue weighted by Crippen LogP contribution is 2.18. The SMILES string of the molecule is C[C@@H](OC(=O)c1ccccc1NS(C)(=O)=O)C(=O)Nc1cccc(C#N)c1. The zero-order valence-corrected chi connectivity index (χ0v) is 15.4. The van der Waals surface area contributed by atoms with Crippen LogP contribution in [0.2, 0.25) is 0 Å². The van der Waals surface area contributed by atoms with Crippen molar-refractivity contribution in [3.8, 4) is 6.07 Å². The third-order valence-corrected chi connectivity index (χ3v) is 3.95. The van der Waals surface area contributed by atoms with Crippen molar-refractivity contribution in [2.75, 3.05) is 16.3 Å². The van der Waals surface area contributed by atoms with Crippen molar-refractivity contribution in [3.05, 3.63) is 59.7 Å². The van der Waals surface area contributed by atoms with E-state index in [4.69, 9.17) is 10.00 Å². The molecule has 0 spiro atoms. The van der Waals surface area contributed by atoms with Crippen LogP contribution in [-0.2, 0) is 19.6 Å². The molecule has 0 fully saturated rings. The van der Waals surface area contributed by atoms with Gasteiger partial charge in [0.25, 0.3) is 5.91 Å². The summed E-state index contributed by atoms with van der Waals surface area (Å²) in [4.78, 5) is 24.5. The van der Waals surface area contributed by atoms with E-state index in [2.05, 4.69) is 10.0 Å². The fourth-order valence-corrected chi connectivity index (χ4v) is 2.72.